The predicted molar refractivity (Wildman–Crippen MR) is 71.6 cm³/mol. The molecule has 0 aliphatic heterocycles. The van der Waals surface area contributed by atoms with Gasteiger partial charge in [-0.05, 0) is 0 Å². The molecule has 0 aliphatic carbocycles. The molecule has 0 aliphatic rings. The van der Waals surface area contributed by atoms with E-state index < -0.39 is 7.28 Å². The Hall–Kier alpha value is 0.310. The van der Waals surface area contributed by atoms with Crippen molar-refractivity contribution in [2.45, 2.75) is 65.2 Å². The van der Waals surface area contributed by atoms with Gasteiger partial charge in [0.25, 0.3) is 0 Å². The molecule has 0 atom stereocenters. The fourth-order valence-corrected chi connectivity index (χ4v) is 3.87. The summed E-state index contributed by atoms with van der Waals surface area (Å²) < 4.78 is 0. The first-order valence-electron chi connectivity index (χ1n) is 6.65. The molecule has 0 saturated heterocycles. The summed E-state index contributed by atoms with van der Waals surface area (Å²) in [5, 5.41) is 0. The minimum atomic E-state index is -4.26. The molecule has 0 aromatic carbocycles. The summed E-state index contributed by atoms with van der Waals surface area (Å²) in [5.74, 6) is 0. The normalized spacial score (nSPS) is 14.7. The summed E-state index contributed by atoms with van der Waals surface area (Å²) >= 11 is 0. The van der Waals surface area contributed by atoms with Crippen molar-refractivity contribution >= 4 is 7.28 Å². The van der Waals surface area contributed by atoms with E-state index in [1.54, 1.807) is 0 Å². The third-order valence-electron chi connectivity index (χ3n) is 2.94. The molecule has 0 unspecified atom stereocenters. The van der Waals surface area contributed by atoms with Crippen LogP contribution in [0, 0.1) is 0 Å². The molecule has 0 aromatic heterocycles. The molecule has 0 amide bonds. The predicted octanol–water partition coefficient (Wildman–Crippen LogP) is 3.42. The van der Waals surface area contributed by atoms with Gasteiger partial charge < -0.3 is 0 Å². The van der Waals surface area contributed by atoms with Gasteiger partial charge in [0.05, 0.1) is 0 Å². The minimum absolute atomic E-state index is 0.178. The van der Waals surface area contributed by atoms with Crippen LogP contribution in [0.5, 0.6) is 0 Å². The van der Waals surface area contributed by atoms with E-state index in [0.717, 1.165) is 25.7 Å². The van der Waals surface area contributed by atoms with Gasteiger partial charge in [0.2, 0.25) is 0 Å². The van der Waals surface area contributed by atoms with Crippen LogP contribution in [0.15, 0.2) is 0 Å². The summed E-state index contributed by atoms with van der Waals surface area (Å²) in [4.78, 5) is 29.3. The number of hydrogen-bond donors (Lipinski definition) is 3. The second kappa shape index (κ2) is 7.60. The maximum absolute atomic E-state index is 9.76. The number of rotatable bonds is 10. The van der Waals surface area contributed by atoms with Gasteiger partial charge in [0.15, 0.2) is 0 Å². The molecule has 0 bridgehead atoms. The molecule has 0 heterocycles. The van der Waals surface area contributed by atoms with Crippen LogP contribution in [-0.2, 0) is 0 Å². The van der Waals surface area contributed by atoms with Crippen LogP contribution < -0.4 is 0 Å². The molecule has 0 rings (SSSR count). The van der Waals surface area contributed by atoms with E-state index in [4.69, 9.17) is 0 Å². The van der Waals surface area contributed by atoms with E-state index in [0.29, 0.717) is 6.42 Å². The van der Waals surface area contributed by atoms with Gasteiger partial charge in [0.1, 0.15) is 0 Å². The van der Waals surface area contributed by atoms with Crippen LogP contribution in [0.2, 0.25) is 0 Å². The summed E-state index contributed by atoms with van der Waals surface area (Å²) in [6, 6.07) is 0. The topological polar surface area (TPSA) is 60.7 Å². The van der Waals surface area contributed by atoms with Crippen molar-refractivity contribution in [1.82, 2.24) is 0 Å². The summed E-state index contributed by atoms with van der Waals surface area (Å²) in [7, 11) is -4.26. The van der Waals surface area contributed by atoms with Crippen LogP contribution in [-0.4, -0.2) is 27.0 Å². The second-order valence-corrected chi connectivity index (χ2v) is 8.48. The fraction of sp³-hybridized carbons (Fsp3) is 1.00. The van der Waals surface area contributed by atoms with Gasteiger partial charge >= 0.3 is 99.5 Å². The molecular weight excluding hydrogens is 223 g/mol. The standard InChI is InChI=1S/C12H29O3P/c1-3-5-7-8-9-10-12-16(13,14,15)11-6-4-2/h13-15H,3-12H2,1-2H3. The van der Waals surface area contributed by atoms with E-state index in [1.807, 2.05) is 6.92 Å². The summed E-state index contributed by atoms with van der Waals surface area (Å²) in [6.45, 7) is 4.16. The average Bonchev–Trinajstić information content (AvgIpc) is 2.20. The Morgan fingerprint density at radius 2 is 1.06 bits per heavy atom. The van der Waals surface area contributed by atoms with Crippen molar-refractivity contribution < 1.29 is 14.7 Å². The third kappa shape index (κ3) is 9.53. The SMILES string of the molecule is CCCCCCCCP(O)(O)(O)CCCC. The van der Waals surface area contributed by atoms with E-state index in [2.05, 4.69) is 6.92 Å². The second-order valence-electron chi connectivity index (χ2n) is 4.91. The van der Waals surface area contributed by atoms with Crippen molar-refractivity contribution in [3.05, 3.63) is 0 Å². The quantitative estimate of drug-likeness (QED) is 0.412. The molecule has 0 aromatic rings. The van der Waals surface area contributed by atoms with Crippen molar-refractivity contribution in [3.8, 4) is 0 Å². The zero-order valence-corrected chi connectivity index (χ0v) is 11.8. The first kappa shape index (κ1) is 16.3. The molecule has 3 nitrogen and oxygen atoms in total. The van der Waals surface area contributed by atoms with Crippen molar-refractivity contribution in [3.63, 3.8) is 0 Å². The van der Waals surface area contributed by atoms with E-state index in [1.165, 1.54) is 19.3 Å². The summed E-state index contributed by atoms with van der Waals surface area (Å²) in [6.07, 6.45) is 8.48. The van der Waals surface area contributed by atoms with Gasteiger partial charge in [-0.1, -0.05) is 0 Å². The van der Waals surface area contributed by atoms with E-state index in [-0.39, 0.29) is 12.3 Å². The Labute approximate surface area is 100 Å². The number of hydrogen-bond acceptors (Lipinski definition) is 3. The molecule has 0 saturated carbocycles. The van der Waals surface area contributed by atoms with Gasteiger partial charge in [0, 0.05) is 0 Å². The summed E-state index contributed by atoms with van der Waals surface area (Å²) in [5.41, 5.74) is 0. The van der Waals surface area contributed by atoms with E-state index >= 15 is 0 Å². The molecule has 16 heavy (non-hydrogen) atoms. The molecular formula is C12H29O3P. The van der Waals surface area contributed by atoms with Gasteiger partial charge in [-0.2, -0.15) is 0 Å². The van der Waals surface area contributed by atoms with Crippen LogP contribution in [0.3, 0.4) is 0 Å². The monoisotopic (exact) mass is 252 g/mol. The maximum atomic E-state index is 9.76. The molecule has 0 fully saturated rings. The number of unbranched alkanes of at least 4 members (excludes halogenated alkanes) is 6. The zero-order valence-electron chi connectivity index (χ0n) is 10.9. The van der Waals surface area contributed by atoms with Gasteiger partial charge in [-0.25, -0.2) is 0 Å². The Morgan fingerprint density at radius 3 is 1.62 bits per heavy atom. The van der Waals surface area contributed by atoms with Crippen LogP contribution in [0.1, 0.15) is 65.2 Å². The van der Waals surface area contributed by atoms with Crippen molar-refractivity contribution in [1.29, 1.82) is 0 Å². The molecule has 4 heteroatoms. The first-order chi connectivity index (χ1) is 7.39. The van der Waals surface area contributed by atoms with Crippen molar-refractivity contribution in [2.75, 3.05) is 12.3 Å². The molecule has 0 radical (unpaired) electrons. The van der Waals surface area contributed by atoms with Crippen LogP contribution in [0.4, 0.5) is 0 Å². The Morgan fingerprint density at radius 1 is 0.625 bits per heavy atom. The molecule has 0 spiro atoms. The van der Waals surface area contributed by atoms with Crippen LogP contribution >= 0.6 is 7.28 Å². The fourth-order valence-electron chi connectivity index (χ4n) is 1.81. The Kier molecular flexibility index (Phi) is 7.75. The Balaban J connectivity index is 3.63. The first-order valence-corrected chi connectivity index (χ1v) is 9.11. The molecule has 100 valence electrons. The van der Waals surface area contributed by atoms with Gasteiger partial charge in [-0.15, -0.1) is 0 Å². The Bertz CT molecular complexity index is 175. The van der Waals surface area contributed by atoms with Gasteiger partial charge in [-0.3, -0.25) is 0 Å². The van der Waals surface area contributed by atoms with E-state index in [9.17, 15) is 14.7 Å². The molecule has 3 N–H and O–H groups in total. The van der Waals surface area contributed by atoms with Crippen molar-refractivity contribution in [2.24, 2.45) is 0 Å². The zero-order chi connectivity index (χ0) is 12.5. The third-order valence-corrected chi connectivity index (χ3v) is 5.40. The van der Waals surface area contributed by atoms with Crippen LogP contribution in [0.25, 0.3) is 0 Å². The average molecular weight is 252 g/mol.